The van der Waals surface area contributed by atoms with E-state index in [9.17, 15) is 4.79 Å². The molecule has 0 spiro atoms. The quantitative estimate of drug-likeness (QED) is 0.542. The molecule has 7 nitrogen and oxygen atoms in total. The van der Waals surface area contributed by atoms with Crippen LogP contribution in [-0.2, 0) is 10.4 Å². The van der Waals surface area contributed by atoms with Gasteiger partial charge in [0.15, 0.2) is 0 Å². The standard InChI is InChI=1S/C8H8O2.C2H6O.H2O4S/c1-10-8-4-2-7(6-9)3-5-8;1-2-3;1-5(2,3)4/h2-6H,1H3;3H,2H2,1H3;(H2,1,2,3,4). The van der Waals surface area contributed by atoms with Crippen molar-refractivity contribution in [3.63, 3.8) is 0 Å². The number of aliphatic hydroxyl groups is 1. The van der Waals surface area contributed by atoms with Crippen LogP contribution in [0.2, 0.25) is 0 Å². The minimum absolute atomic E-state index is 0.250. The Labute approximate surface area is 106 Å². The summed E-state index contributed by atoms with van der Waals surface area (Å²) < 4.78 is 36.5. The van der Waals surface area contributed by atoms with Gasteiger partial charge in [0.25, 0.3) is 0 Å². The molecule has 0 aliphatic heterocycles. The van der Waals surface area contributed by atoms with E-state index in [1.165, 1.54) is 0 Å². The highest BCUT2D eigenvalue weighted by atomic mass is 32.3. The van der Waals surface area contributed by atoms with Gasteiger partial charge in [-0.3, -0.25) is 13.9 Å². The SMILES string of the molecule is CCO.COc1ccc(C=O)cc1.O=S(=O)(O)O. The zero-order valence-corrected chi connectivity index (χ0v) is 10.8. The summed E-state index contributed by atoms with van der Waals surface area (Å²) in [7, 11) is -3.07. The normalized spacial score (nSPS) is 9.17. The smallest absolute Gasteiger partial charge is 0.394 e. The molecule has 1 aromatic rings. The third kappa shape index (κ3) is 16.9. The van der Waals surface area contributed by atoms with Gasteiger partial charge in [0.1, 0.15) is 12.0 Å². The van der Waals surface area contributed by atoms with Crippen molar-refractivity contribution in [2.45, 2.75) is 6.92 Å². The second-order valence-corrected chi connectivity index (χ2v) is 3.55. The monoisotopic (exact) mass is 280 g/mol. The number of carbonyl (C=O) groups excluding carboxylic acids is 1. The number of benzene rings is 1. The number of rotatable bonds is 2. The maximum Gasteiger partial charge on any atom is 0.394 e. The van der Waals surface area contributed by atoms with Crippen molar-refractivity contribution in [3.8, 4) is 5.75 Å². The Morgan fingerprint density at radius 1 is 1.22 bits per heavy atom. The second kappa shape index (κ2) is 10.7. The van der Waals surface area contributed by atoms with Crippen molar-refractivity contribution >= 4 is 16.7 Å². The van der Waals surface area contributed by atoms with Crippen LogP contribution >= 0.6 is 0 Å². The van der Waals surface area contributed by atoms with E-state index in [2.05, 4.69) is 0 Å². The summed E-state index contributed by atoms with van der Waals surface area (Å²) in [6, 6.07) is 6.94. The molecule has 1 aromatic carbocycles. The van der Waals surface area contributed by atoms with E-state index in [1.54, 1.807) is 38.3 Å². The lowest BCUT2D eigenvalue weighted by molar-refractivity contribution is 0.112. The van der Waals surface area contributed by atoms with E-state index in [1.807, 2.05) is 0 Å². The molecule has 8 heteroatoms. The number of hydrogen-bond acceptors (Lipinski definition) is 5. The molecule has 0 atom stereocenters. The Hall–Kier alpha value is -1.48. The van der Waals surface area contributed by atoms with Gasteiger partial charge in [-0.2, -0.15) is 8.42 Å². The van der Waals surface area contributed by atoms with Crippen LogP contribution in [0.25, 0.3) is 0 Å². The molecule has 0 fully saturated rings. The first-order valence-electron chi connectivity index (χ1n) is 4.68. The first kappa shape index (κ1) is 18.9. The molecule has 0 aromatic heterocycles. The van der Waals surface area contributed by atoms with E-state index in [4.69, 9.17) is 27.4 Å². The predicted octanol–water partition coefficient (Wildman–Crippen LogP) is 0.854. The molecule has 0 saturated carbocycles. The minimum Gasteiger partial charge on any atom is -0.497 e. The highest BCUT2D eigenvalue weighted by molar-refractivity contribution is 7.79. The maximum absolute atomic E-state index is 10.2. The Morgan fingerprint density at radius 2 is 1.56 bits per heavy atom. The molecule has 0 amide bonds. The van der Waals surface area contributed by atoms with Crippen LogP contribution in [0, 0.1) is 0 Å². The summed E-state index contributed by atoms with van der Waals surface area (Å²) in [4.78, 5) is 10.2. The van der Waals surface area contributed by atoms with Gasteiger partial charge >= 0.3 is 10.4 Å². The number of aldehydes is 1. The molecule has 0 aliphatic rings. The Balaban J connectivity index is 0. The van der Waals surface area contributed by atoms with E-state index >= 15 is 0 Å². The zero-order valence-electron chi connectivity index (χ0n) is 9.98. The van der Waals surface area contributed by atoms with Crippen molar-refractivity contribution < 1.29 is 32.2 Å². The number of aliphatic hydroxyl groups excluding tert-OH is 1. The number of methoxy groups -OCH3 is 1. The fraction of sp³-hybridized carbons (Fsp3) is 0.300. The largest absolute Gasteiger partial charge is 0.497 e. The van der Waals surface area contributed by atoms with Gasteiger partial charge in [-0.25, -0.2) is 0 Å². The summed E-state index contributed by atoms with van der Waals surface area (Å²) in [5.74, 6) is 0.769. The lowest BCUT2D eigenvalue weighted by Crippen LogP contribution is -1.89. The van der Waals surface area contributed by atoms with Gasteiger partial charge in [-0.1, -0.05) is 0 Å². The molecule has 0 unspecified atom stereocenters. The first-order valence-corrected chi connectivity index (χ1v) is 6.08. The maximum atomic E-state index is 10.2. The molecular weight excluding hydrogens is 264 g/mol. The van der Waals surface area contributed by atoms with Gasteiger partial charge in [-0.15, -0.1) is 0 Å². The van der Waals surface area contributed by atoms with Crippen molar-refractivity contribution in [3.05, 3.63) is 29.8 Å². The van der Waals surface area contributed by atoms with Crippen LogP contribution in [0.4, 0.5) is 0 Å². The summed E-state index contributed by atoms with van der Waals surface area (Å²) in [5, 5.41) is 7.57. The lowest BCUT2D eigenvalue weighted by Gasteiger charge is -1.96. The molecule has 3 N–H and O–H groups in total. The highest BCUT2D eigenvalue weighted by Gasteiger charge is 1.89. The number of carbonyl (C=O) groups is 1. The summed E-state index contributed by atoms with van der Waals surface area (Å²) in [6.07, 6.45) is 0.805. The van der Waals surface area contributed by atoms with Gasteiger partial charge < -0.3 is 9.84 Å². The molecule has 0 saturated heterocycles. The second-order valence-electron chi connectivity index (χ2n) is 2.66. The van der Waals surface area contributed by atoms with Gasteiger partial charge in [-0.05, 0) is 31.2 Å². The topological polar surface area (TPSA) is 121 Å². The minimum atomic E-state index is -4.67. The van der Waals surface area contributed by atoms with Crippen LogP contribution in [0.1, 0.15) is 17.3 Å². The molecule has 1 rings (SSSR count). The lowest BCUT2D eigenvalue weighted by atomic mass is 10.2. The fourth-order valence-corrected chi connectivity index (χ4v) is 0.682. The molecular formula is C10H16O7S. The van der Waals surface area contributed by atoms with E-state index in [-0.39, 0.29) is 6.61 Å². The zero-order chi connectivity index (χ0) is 14.6. The van der Waals surface area contributed by atoms with Crippen LogP contribution in [0.15, 0.2) is 24.3 Å². The van der Waals surface area contributed by atoms with Crippen LogP contribution < -0.4 is 4.74 Å². The fourth-order valence-electron chi connectivity index (χ4n) is 0.682. The van der Waals surface area contributed by atoms with Crippen molar-refractivity contribution in [1.29, 1.82) is 0 Å². The van der Waals surface area contributed by atoms with Gasteiger partial charge in [0.05, 0.1) is 7.11 Å². The van der Waals surface area contributed by atoms with Crippen LogP contribution in [0.3, 0.4) is 0 Å². The average Bonchev–Trinajstić information content (AvgIpc) is 2.28. The predicted molar refractivity (Wildman–Crippen MR) is 65.3 cm³/mol. The Bertz CT molecular complexity index is 402. The summed E-state index contributed by atoms with van der Waals surface area (Å²) >= 11 is 0. The van der Waals surface area contributed by atoms with Gasteiger partial charge in [0.2, 0.25) is 0 Å². The molecule has 0 radical (unpaired) electrons. The van der Waals surface area contributed by atoms with Crippen LogP contribution in [-0.4, -0.2) is 42.6 Å². The van der Waals surface area contributed by atoms with Crippen molar-refractivity contribution in [1.82, 2.24) is 0 Å². The van der Waals surface area contributed by atoms with Crippen molar-refractivity contribution in [2.24, 2.45) is 0 Å². The molecule has 0 bridgehead atoms. The van der Waals surface area contributed by atoms with Crippen LogP contribution in [0.5, 0.6) is 5.75 Å². The molecule has 0 aliphatic carbocycles. The van der Waals surface area contributed by atoms with E-state index < -0.39 is 10.4 Å². The van der Waals surface area contributed by atoms with E-state index in [0.29, 0.717) is 5.56 Å². The van der Waals surface area contributed by atoms with E-state index in [0.717, 1.165) is 12.0 Å². The third-order valence-electron chi connectivity index (χ3n) is 1.25. The Kier molecular flexibility index (Phi) is 11.2. The van der Waals surface area contributed by atoms with Gasteiger partial charge in [0, 0.05) is 12.2 Å². The highest BCUT2D eigenvalue weighted by Crippen LogP contribution is 2.09. The summed E-state index contributed by atoms with van der Waals surface area (Å²) in [6.45, 7) is 1.93. The molecule has 104 valence electrons. The van der Waals surface area contributed by atoms with Crippen molar-refractivity contribution in [2.75, 3.05) is 13.7 Å². The number of hydrogen-bond donors (Lipinski definition) is 3. The third-order valence-corrected chi connectivity index (χ3v) is 1.25. The summed E-state index contributed by atoms with van der Waals surface area (Å²) in [5.41, 5.74) is 0.667. The number of ether oxygens (including phenoxy) is 1. The Morgan fingerprint density at radius 3 is 1.78 bits per heavy atom. The average molecular weight is 280 g/mol. The molecule has 18 heavy (non-hydrogen) atoms. The molecule has 0 heterocycles. The first-order chi connectivity index (χ1) is 8.28.